The van der Waals surface area contributed by atoms with Crippen LogP contribution in [0.3, 0.4) is 0 Å². The Balaban J connectivity index is 1.67. The molecule has 3 rings (SSSR count). The summed E-state index contributed by atoms with van der Waals surface area (Å²) >= 11 is 5.89. The average Bonchev–Trinajstić information content (AvgIpc) is 2.83. The third-order valence-electron chi connectivity index (χ3n) is 4.51. The van der Waals surface area contributed by atoms with Gasteiger partial charge in [-0.25, -0.2) is 5.43 Å². The molecule has 0 atom stereocenters. The van der Waals surface area contributed by atoms with Crippen molar-refractivity contribution in [2.45, 2.75) is 6.61 Å². The number of nitrogens with zero attached hydrogens (tertiary/aromatic N) is 2. The van der Waals surface area contributed by atoms with Crippen LogP contribution in [0.5, 0.6) is 17.2 Å². The Morgan fingerprint density at radius 2 is 1.73 bits per heavy atom. The summed E-state index contributed by atoms with van der Waals surface area (Å²) in [6.45, 7) is 0.335. The van der Waals surface area contributed by atoms with Crippen molar-refractivity contribution in [2.75, 3.05) is 14.2 Å². The van der Waals surface area contributed by atoms with Crippen LogP contribution < -0.4 is 19.6 Å². The van der Waals surface area contributed by atoms with Gasteiger partial charge in [-0.3, -0.25) is 14.9 Å². The first kappa shape index (κ1) is 23.6. The lowest BCUT2D eigenvalue weighted by Gasteiger charge is -2.11. The van der Waals surface area contributed by atoms with Crippen molar-refractivity contribution in [3.63, 3.8) is 0 Å². The highest BCUT2D eigenvalue weighted by molar-refractivity contribution is 6.30. The van der Waals surface area contributed by atoms with Crippen LogP contribution in [0.15, 0.2) is 65.8 Å². The number of halogens is 1. The molecule has 0 fully saturated rings. The molecule has 0 saturated heterocycles. The summed E-state index contributed by atoms with van der Waals surface area (Å²) in [7, 11) is 2.88. The molecule has 0 aromatic heterocycles. The molecule has 33 heavy (non-hydrogen) atoms. The lowest BCUT2D eigenvalue weighted by Crippen LogP contribution is -2.18. The first-order chi connectivity index (χ1) is 15.9. The molecule has 0 bridgehead atoms. The Morgan fingerprint density at radius 1 is 1.03 bits per heavy atom. The lowest BCUT2D eigenvalue weighted by molar-refractivity contribution is -0.384. The Morgan fingerprint density at radius 3 is 2.39 bits per heavy atom. The van der Waals surface area contributed by atoms with Crippen molar-refractivity contribution < 1.29 is 23.9 Å². The number of non-ortho nitro benzene ring substituents is 1. The Hall–Kier alpha value is -4.11. The fraction of sp³-hybridized carbons (Fsp3) is 0.130. The molecule has 0 unspecified atom stereocenters. The zero-order chi connectivity index (χ0) is 23.8. The number of methoxy groups -OCH3 is 2. The molecule has 10 heteroatoms. The number of benzene rings is 3. The molecule has 0 spiro atoms. The van der Waals surface area contributed by atoms with E-state index in [-0.39, 0.29) is 17.0 Å². The Bertz CT molecular complexity index is 1180. The summed E-state index contributed by atoms with van der Waals surface area (Å²) in [5.41, 5.74) is 3.68. The Kier molecular flexibility index (Phi) is 7.82. The van der Waals surface area contributed by atoms with E-state index in [4.69, 9.17) is 25.8 Å². The second-order valence-corrected chi connectivity index (χ2v) is 7.10. The second-order valence-electron chi connectivity index (χ2n) is 6.67. The molecule has 3 aromatic carbocycles. The number of nitro groups is 1. The van der Waals surface area contributed by atoms with E-state index in [2.05, 4.69) is 10.5 Å². The van der Waals surface area contributed by atoms with E-state index in [0.717, 1.165) is 11.6 Å². The van der Waals surface area contributed by atoms with Gasteiger partial charge in [0.1, 0.15) is 12.4 Å². The molecule has 0 saturated carbocycles. The quantitative estimate of drug-likeness (QED) is 0.278. The number of hydrogen-bond donors (Lipinski definition) is 1. The topological polar surface area (TPSA) is 112 Å². The zero-order valence-electron chi connectivity index (χ0n) is 17.8. The van der Waals surface area contributed by atoms with Crippen molar-refractivity contribution in [1.29, 1.82) is 0 Å². The summed E-state index contributed by atoms with van der Waals surface area (Å²) in [4.78, 5) is 22.8. The van der Waals surface area contributed by atoms with Crippen molar-refractivity contribution in [3.8, 4) is 17.2 Å². The van der Waals surface area contributed by atoms with Crippen molar-refractivity contribution in [2.24, 2.45) is 5.10 Å². The lowest BCUT2D eigenvalue weighted by atomic mass is 10.1. The molecular formula is C23H20ClN3O6. The molecule has 0 heterocycles. The minimum Gasteiger partial charge on any atom is -0.496 e. The summed E-state index contributed by atoms with van der Waals surface area (Å²) in [6, 6.07) is 16.2. The molecular weight excluding hydrogens is 450 g/mol. The number of rotatable bonds is 9. The van der Waals surface area contributed by atoms with Crippen LogP contribution >= 0.6 is 11.6 Å². The summed E-state index contributed by atoms with van der Waals surface area (Å²) in [5, 5.41) is 15.5. The molecule has 0 aliphatic heterocycles. The zero-order valence-corrected chi connectivity index (χ0v) is 18.5. The third-order valence-corrected chi connectivity index (χ3v) is 4.77. The van der Waals surface area contributed by atoms with Crippen LogP contribution in [0.4, 0.5) is 5.69 Å². The van der Waals surface area contributed by atoms with Gasteiger partial charge in [-0.1, -0.05) is 23.7 Å². The summed E-state index contributed by atoms with van der Waals surface area (Å²) in [6.07, 6.45) is 1.41. The average molecular weight is 470 g/mol. The molecule has 1 N–H and O–H groups in total. The predicted molar refractivity (Wildman–Crippen MR) is 123 cm³/mol. The highest BCUT2D eigenvalue weighted by Gasteiger charge is 2.17. The highest BCUT2D eigenvalue weighted by Crippen LogP contribution is 2.28. The molecule has 0 radical (unpaired) electrons. The number of carbonyl (C=O) groups is 1. The van der Waals surface area contributed by atoms with Gasteiger partial charge >= 0.3 is 0 Å². The van der Waals surface area contributed by atoms with Gasteiger partial charge in [0.25, 0.3) is 11.6 Å². The molecule has 0 aliphatic rings. The second kappa shape index (κ2) is 11.0. The van der Waals surface area contributed by atoms with E-state index < -0.39 is 10.8 Å². The number of nitro benzene ring substituents is 1. The van der Waals surface area contributed by atoms with Gasteiger partial charge in [-0.15, -0.1) is 0 Å². The smallest absolute Gasteiger partial charge is 0.275 e. The molecule has 9 nitrogen and oxygen atoms in total. The van der Waals surface area contributed by atoms with Crippen molar-refractivity contribution in [3.05, 3.63) is 92.5 Å². The maximum Gasteiger partial charge on any atom is 0.275 e. The Labute approximate surface area is 194 Å². The molecule has 170 valence electrons. The standard InChI is InChI=1S/C23H20ClN3O6/c1-31-20-10-8-18(27(29)30)12-19(20)23(28)26-25-13-16-5-9-21(22(11-16)32-2)33-14-15-3-6-17(24)7-4-15/h3-13H,14H2,1-2H3,(H,26,28)/b25-13-. The van der Waals surface area contributed by atoms with Gasteiger partial charge in [-0.05, 0) is 47.5 Å². The van der Waals surface area contributed by atoms with Crippen LogP contribution in [0.2, 0.25) is 5.02 Å². The van der Waals surface area contributed by atoms with Crippen LogP contribution in [-0.2, 0) is 6.61 Å². The SMILES string of the molecule is COc1cc(/C=N\NC(=O)c2cc([N+](=O)[O-])ccc2OC)ccc1OCc1ccc(Cl)cc1. The number of nitrogens with one attached hydrogen (secondary N) is 1. The summed E-state index contributed by atoms with van der Waals surface area (Å²) < 4.78 is 16.3. The van der Waals surface area contributed by atoms with E-state index in [1.54, 1.807) is 30.3 Å². The van der Waals surface area contributed by atoms with Crippen LogP contribution in [-0.4, -0.2) is 31.3 Å². The number of hydrazone groups is 1. The van der Waals surface area contributed by atoms with Gasteiger partial charge in [-0.2, -0.15) is 5.10 Å². The first-order valence-electron chi connectivity index (χ1n) is 9.62. The first-order valence-corrected chi connectivity index (χ1v) is 10.00. The highest BCUT2D eigenvalue weighted by atomic mass is 35.5. The van der Waals surface area contributed by atoms with Gasteiger partial charge in [0.15, 0.2) is 11.5 Å². The number of hydrogen-bond acceptors (Lipinski definition) is 7. The number of ether oxygens (including phenoxy) is 3. The molecule has 0 aliphatic carbocycles. The minimum atomic E-state index is -0.651. The van der Waals surface area contributed by atoms with Gasteiger partial charge < -0.3 is 14.2 Å². The van der Waals surface area contributed by atoms with E-state index >= 15 is 0 Å². The maximum atomic E-state index is 12.4. The van der Waals surface area contributed by atoms with E-state index in [9.17, 15) is 14.9 Å². The molecule has 3 aromatic rings. The normalized spacial score (nSPS) is 10.6. The van der Waals surface area contributed by atoms with Crippen molar-refractivity contribution in [1.82, 2.24) is 5.43 Å². The third kappa shape index (κ3) is 6.20. The largest absolute Gasteiger partial charge is 0.496 e. The van der Waals surface area contributed by atoms with Gasteiger partial charge in [0.2, 0.25) is 0 Å². The van der Waals surface area contributed by atoms with E-state index in [0.29, 0.717) is 28.7 Å². The van der Waals surface area contributed by atoms with Gasteiger partial charge in [0.05, 0.1) is 30.9 Å². The number of carbonyl (C=O) groups excluding carboxylic acids is 1. The van der Waals surface area contributed by atoms with Crippen LogP contribution in [0.25, 0.3) is 0 Å². The number of amides is 1. The fourth-order valence-corrected chi connectivity index (χ4v) is 2.96. The fourth-order valence-electron chi connectivity index (χ4n) is 2.84. The molecule has 1 amide bonds. The van der Waals surface area contributed by atoms with Crippen LogP contribution in [0.1, 0.15) is 21.5 Å². The van der Waals surface area contributed by atoms with E-state index in [1.807, 2.05) is 12.1 Å². The summed E-state index contributed by atoms with van der Waals surface area (Å²) in [5.74, 6) is 0.563. The maximum absolute atomic E-state index is 12.4. The monoisotopic (exact) mass is 469 g/mol. The predicted octanol–water partition coefficient (Wildman–Crippen LogP) is 4.61. The van der Waals surface area contributed by atoms with Crippen LogP contribution in [0, 0.1) is 10.1 Å². The van der Waals surface area contributed by atoms with Crippen molar-refractivity contribution >= 4 is 29.4 Å². The minimum absolute atomic E-state index is 0.00706. The van der Waals surface area contributed by atoms with E-state index in [1.165, 1.54) is 32.6 Å². The van der Waals surface area contributed by atoms with Gasteiger partial charge in [0, 0.05) is 17.2 Å².